The Morgan fingerprint density at radius 2 is 2.09 bits per heavy atom. The van der Waals surface area contributed by atoms with E-state index in [4.69, 9.17) is 16.0 Å². The normalized spacial score (nSPS) is 17.0. The number of benzene rings is 1. The average molecular weight is 319 g/mol. The topological polar surface area (TPSA) is 62.6 Å². The molecule has 1 aliphatic rings. The number of carbonyl (C=O) groups is 2. The first-order valence-corrected chi connectivity index (χ1v) is 7.54. The lowest BCUT2D eigenvalue weighted by Gasteiger charge is -2.34. The van der Waals surface area contributed by atoms with Gasteiger partial charge < -0.3 is 14.6 Å². The second kappa shape index (κ2) is 6.23. The molecule has 1 N–H and O–H groups in total. The molecule has 0 saturated carbocycles. The van der Waals surface area contributed by atoms with Gasteiger partial charge in [-0.05, 0) is 30.2 Å². The summed E-state index contributed by atoms with van der Waals surface area (Å²) in [4.78, 5) is 25.8. The molecule has 1 aromatic carbocycles. The molecule has 3 rings (SSSR count). The van der Waals surface area contributed by atoms with Gasteiger partial charge in [0, 0.05) is 12.2 Å². The zero-order valence-corrected chi connectivity index (χ0v) is 12.5. The number of hydrogen-bond donors (Lipinski definition) is 1. The van der Waals surface area contributed by atoms with Gasteiger partial charge in [0.2, 0.25) is 5.91 Å². The standard InChI is InChI=1S/C16H15ClN2O3/c17-10-15(20)18-12-7-8-19(13-5-2-1-4-11(12)13)16(21)14-6-3-9-22-14/h1-6,9,12H,7-8,10H2,(H,18,20). The average Bonchev–Trinajstić information content (AvgIpc) is 3.09. The summed E-state index contributed by atoms with van der Waals surface area (Å²) in [6, 6.07) is 10.7. The predicted octanol–water partition coefficient (Wildman–Crippen LogP) is 2.73. The van der Waals surface area contributed by atoms with Crippen LogP contribution < -0.4 is 10.2 Å². The number of amides is 2. The molecule has 114 valence electrons. The van der Waals surface area contributed by atoms with Crippen molar-refractivity contribution in [2.45, 2.75) is 12.5 Å². The Labute approximate surface area is 132 Å². The first kappa shape index (κ1) is 14.7. The molecule has 0 radical (unpaired) electrons. The van der Waals surface area contributed by atoms with Crippen molar-refractivity contribution in [3.05, 3.63) is 54.0 Å². The molecular weight excluding hydrogens is 304 g/mol. The van der Waals surface area contributed by atoms with Crippen LogP contribution in [0.3, 0.4) is 0 Å². The van der Waals surface area contributed by atoms with Crippen molar-refractivity contribution in [3.63, 3.8) is 0 Å². The summed E-state index contributed by atoms with van der Waals surface area (Å²) in [5, 5.41) is 2.89. The lowest BCUT2D eigenvalue weighted by Crippen LogP contribution is -2.41. The summed E-state index contributed by atoms with van der Waals surface area (Å²) in [5.41, 5.74) is 1.70. The number of fused-ring (bicyclic) bond motifs is 1. The summed E-state index contributed by atoms with van der Waals surface area (Å²) in [6.45, 7) is 0.504. The third-order valence-electron chi connectivity index (χ3n) is 3.68. The summed E-state index contributed by atoms with van der Waals surface area (Å²) in [7, 11) is 0. The minimum atomic E-state index is -0.215. The molecule has 1 unspecified atom stereocenters. The van der Waals surface area contributed by atoms with Crippen molar-refractivity contribution in [1.29, 1.82) is 0 Å². The number of anilines is 1. The maximum absolute atomic E-state index is 12.5. The maximum atomic E-state index is 12.5. The zero-order chi connectivity index (χ0) is 15.5. The lowest BCUT2D eigenvalue weighted by atomic mass is 9.96. The highest BCUT2D eigenvalue weighted by Crippen LogP contribution is 2.34. The number of nitrogens with one attached hydrogen (secondary N) is 1. The number of halogens is 1. The molecule has 2 heterocycles. The molecule has 1 atom stereocenters. The van der Waals surface area contributed by atoms with Crippen molar-refractivity contribution in [3.8, 4) is 0 Å². The largest absolute Gasteiger partial charge is 0.459 e. The van der Waals surface area contributed by atoms with E-state index in [2.05, 4.69) is 5.32 Å². The molecule has 5 nitrogen and oxygen atoms in total. The van der Waals surface area contributed by atoms with E-state index >= 15 is 0 Å². The van der Waals surface area contributed by atoms with Crippen molar-refractivity contribution >= 4 is 29.1 Å². The van der Waals surface area contributed by atoms with E-state index in [0.29, 0.717) is 18.7 Å². The molecule has 1 aromatic heterocycles. The van der Waals surface area contributed by atoms with Gasteiger partial charge in [0.05, 0.1) is 12.3 Å². The minimum absolute atomic E-state index is 0.0757. The van der Waals surface area contributed by atoms with E-state index in [9.17, 15) is 9.59 Å². The van der Waals surface area contributed by atoms with Crippen molar-refractivity contribution in [2.24, 2.45) is 0 Å². The predicted molar refractivity (Wildman–Crippen MR) is 83.0 cm³/mol. The monoisotopic (exact) mass is 318 g/mol. The van der Waals surface area contributed by atoms with Crippen molar-refractivity contribution < 1.29 is 14.0 Å². The molecule has 0 bridgehead atoms. The van der Waals surface area contributed by atoms with Gasteiger partial charge in [-0.1, -0.05) is 18.2 Å². The highest BCUT2D eigenvalue weighted by Gasteiger charge is 2.30. The van der Waals surface area contributed by atoms with Crippen LogP contribution in [0.4, 0.5) is 5.69 Å². The van der Waals surface area contributed by atoms with E-state index in [-0.39, 0.29) is 23.7 Å². The molecule has 0 aliphatic carbocycles. The fourth-order valence-electron chi connectivity index (χ4n) is 2.69. The molecule has 2 amide bonds. The molecular formula is C16H15ClN2O3. The summed E-state index contributed by atoms with van der Waals surface area (Å²) in [5.74, 6) is -0.168. The van der Waals surface area contributed by atoms with Crippen molar-refractivity contribution in [1.82, 2.24) is 5.32 Å². The van der Waals surface area contributed by atoms with E-state index in [1.54, 1.807) is 17.0 Å². The van der Waals surface area contributed by atoms with Gasteiger partial charge in [-0.3, -0.25) is 9.59 Å². The quantitative estimate of drug-likeness (QED) is 0.885. The van der Waals surface area contributed by atoms with E-state index in [1.807, 2.05) is 24.3 Å². The minimum Gasteiger partial charge on any atom is -0.459 e. The van der Waals surface area contributed by atoms with Crippen LogP contribution in [0.2, 0.25) is 0 Å². The SMILES string of the molecule is O=C(CCl)NC1CCN(C(=O)c2ccco2)c2ccccc21. The van der Waals surface area contributed by atoms with Gasteiger partial charge in [0.1, 0.15) is 5.88 Å². The molecule has 22 heavy (non-hydrogen) atoms. The van der Waals surface area contributed by atoms with Crippen LogP contribution in [0.15, 0.2) is 47.1 Å². The van der Waals surface area contributed by atoms with Crippen LogP contribution in [0.5, 0.6) is 0 Å². The van der Waals surface area contributed by atoms with Crippen LogP contribution >= 0.6 is 11.6 Å². The Bertz CT molecular complexity index is 684. The second-order valence-corrected chi connectivity index (χ2v) is 5.30. The number of alkyl halides is 1. The molecule has 0 saturated heterocycles. The maximum Gasteiger partial charge on any atom is 0.293 e. The van der Waals surface area contributed by atoms with Crippen LogP contribution in [-0.4, -0.2) is 24.2 Å². The molecule has 2 aromatic rings. The number of hydrogen-bond acceptors (Lipinski definition) is 3. The van der Waals surface area contributed by atoms with Crippen molar-refractivity contribution in [2.75, 3.05) is 17.3 Å². The highest BCUT2D eigenvalue weighted by atomic mass is 35.5. The van der Waals surface area contributed by atoms with E-state index < -0.39 is 0 Å². The third kappa shape index (κ3) is 2.72. The van der Waals surface area contributed by atoms with Crippen LogP contribution in [0.1, 0.15) is 28.6 Å². The number of para-hydroxylation sites is 1. The van der Waals surface area contributed by atoms with Crippen LogP contribution in [0, 0.1) is 0 Å². The zero-order valence-electron chi connectivity index (χ0n) is 11.8. The number of furan rings is 1. The molecule has 1 aliphatic heterocycles. The van der Waals surface area contributed by atoms with E-state index in [1.165, 1.54) is 6.26 Å². The van der Waals surface area contributed by atoms with Gasteiger partial charge in [0.15, 0.2) is 5.76 Å². The van der Waals surface area contributed by atoms with Crippen LogP contribution in [0.25, 0.3) is 0 Å². The molecule has 6 heteroatoms. The van der Waals surface area contributed by atoms with E-state index in [0.717, 1.165) is 11.3 Å². The Kier molecular flexibility index (Phi) is 4.15. The van der Waals surface area contributed by atoms with Gasteiger partial charge >= 0.3 is 0 Å². The number of carbonyl (C=O) groups excluding carboxylic acids is 2. The highest BCUT2D eigenvalue weighted by molar-refractivity contribution is 6.27. The number of nitrogens with zero attached hydrogens (tertiary/aromatic N) is 1. The lowest BCUT2D eigenvalue weighted by molar-refractivity contribution is -0.119. The summed E-state index contributed by atoms with van der Waals surface area (Å²) in [6.07, 6.45) is 2.11. The van der Waals surface area contributed by atoms with Gasteiger partial charge in [0.25, 0.3) is 5.91 Å². The number of rotatable bonds is 3. The smallest absolute Gasteiger partial charge is 0.293 e. The van der Waals surface area contributed by atoms with Gasteiger partial charge in [-0.2, -0.15) is 0 Å². The molecule has 0 fully saturated rings. The van der Waals surface area contributed by atoms with Gasteiger partial charge in [-0.15, -0.1) is 11.6 Å². The fourth-order valence-corrected chi connectivity index (χ4v) is 2.77. The fraction of sp³-hybridized carbons (Fsp3) is 0.250. The summed E-state index contributed by atoms with van der Waals surface area (Å²) < 4.78 is 5.19. The Hall–Kier alpha value is -2.27. The molecule has 0 spiro atoms. The van der Waals surface area contributed by atoms with Crippen LogP contribution in [-0.2, 0) is 4.79 Å². The van der Waals surface area contributed by atoms with Gasteiger partial charge in [-0.25, -0.2) is 0 Å². The summed E-state index contributed by atoms with van der Waals surface area (Å²) >= 11 is 5.56. The Balaban J connectivity index is 1.91. The first-order valence-electron chi connectivity index (χ1n) is 7.00. The first-order chi connectivity index (χ1) is 10.7. The Morgan fingerprint density at radius 1 is 1.27 bits per heavy atom. The third-order valence-corrected chi connectivity index (χ3v) is 3.92. The Morgan fingerprint density at radius 3 is 2.82 bits per heavy atom. The second-order valence-electron chi connectivity index (χ2n) is 5.04.